The third-order valence-corrected chi connectivity index (χ3v) is 3.99. The predicted octanol–water partition coefficient (Wildman–Crippen LogP) is 1.34. The summed E-state index contributed by atoms with van der Waals surface area (Å²) >= 11 is 0. The van der Waals surface area contributed by atoms with Gasteiger partial charge in [-0.3, -0.25) is 14.8 Å². The molecular weight excluding hydrogens is 244 g/mol. The summed E-state index contributed by atoms with van der Waals surface area (Å²) in [6.45, 7) is 6.18. The number of amides is 3. The Balaban J connectivity index is 2.34. The molecule has 0 radical (unpaired) electrons. The van der Waals surface area contributed by atoms with E-state index in [-0.39, 0.29) is 11.9 Å². The molecule has 1 saturated heterocycles. The highest BCUT2D eigenvalue weighted by molar-refractivity contribution is 6.06. The van der Waals surface area contributed by atoms with Crippen LogP contribution in [0.25, 0.3) is 0 Å². The molecular formula is C13H20N4O2. The first-order valence-corrected chi connectivity index (χ1v) is 6.57. The molecule has 1 aliphatic heterocycles. The highest BCUT2D eigenvalue weighted by Gasteiger charge is 2.50. The highest BCUT2D eigenvalue weighted by Crippen LogP contribution is 2.30. The first kappa shape index (κ1) is 13.6. The predicted molar refractivity (Wildman–Crippen MR) is 70.3 cm³/mol. The maximum atomic E-state index is 12.1. The van der Waals surface area contributed by atoms with Crippen LogP contribution in [0, 0.1) is 6.92 Å². The lowest BCUT2D eigenvalue weighted by Crippen LogP contribution is -2.48. The van der Waals surface area contributed by atoms with Crippen molar-refractivity contribution >= 4 is 11.9 Å². The van der Waals surface area contributed by atoms with Crippen LogP contribution in [-0.2, 0) is 18.4 Å². The molecule has 104 valence electrons. The van der Waals surface area contributed by atoms with Crippen molar-refractivity contribution in [3.05, 3.63) is 17.5 Å². The number of hydrogen-bond acceptors (Lipinski definition) is 3. The smallest absolute Gasteiger partial charge is 0.304 e. The number of imide groups is 1. The van der Waals surface area contributed by atoms with Crippen LogP contribution in [0.4, 0.5) is 4.79 Å². The Labute approximate surface area is 112 Å². The van der Waals surface area contributed by atoms with Gasteiger partial charge in [0.15, 0.2) is 0 Å². The number of aryl methyl sites for hydroxylation is 2. The van der Waals surface area contributed by atoms with Gasteiger partial charge in [0.2, 0.25) is 0 Å². The topological polar surface area (TPSA) is 67.2 Å². The monoisotopic (exact) mass is 264 g/mol. The second kappa shape index (κ2) is 4.68. The van der Waals surface area contributed by atoms with Gasteiger partial charge >= 0.3 is 6.03 Å². The Morgan fingerprint density at radius 1 is 1.32 bits per heavy atom. The minimum Gasteiger partial charge on any atom is -0.304 e. The molecule has 6 heteroatoms. The van der Waals surface area contributed by atoms with E-state index < -0.39 is 5.54 Å². The summed E-state index contributed by atoms with van der Waals surface area (Å²) in [5, 5.41) is 6.69. The van der Waals surface area contributed by atoms with E-state index in [0.29, 0.717) is 19.4 Å². The molecule has 0 spiro atoms. The molecule has 1 aliphatic rings. The minimum atomic E-state index is -0.727. The zero-order valence-corrected chi connectivity index (χ0v) is 11.9. The van der Waals surface area contributed by atoms with E-state index in [4.69, 9.17) is 0 Å². The van der Waals surface area contributed by atoms with Crippen molar-refractivity contribution in [1.82, 2.24) is 20.0 Å². The van der Waals surface area contributed by atoms with Gasteiger partial charge in [-0.05, 0) is 25.8 Å². The zero-order chi connectivity index (χ0) is 14.2. The molecule has 19 heavy (non-hydrogen) atoms. The summed E-state index contributed by atoms with van der Waals surface area (Å²) < 4.78 is 1.75. The van der Waals surface area contributed by atoms with Crippen LogP contribution in [0.5, 0.6) is 0 Å². The number of aromatic nitrogens is 2. The summed E-state index contributed by atoms with van der Waals surface area (Å²) in [7, 11) is 1.84. The zero-order valence-electron chi connectivity index (χ0n) is 11.9. The van der Waals surface area contributed by atoms with Crippen LogP contribution in [0.3, 0.4) is 0 Å². The van der Waals surface area contributed by atoms with Gasteiger partial charge in [-0.1, -0.05) is 13.8 Å². The molecule has 0 aromatic carbocycles. The number of hydrogen-bond donors (Lipinski definition) is 1. The maximum absolute atomic E-state index is 12.1. The summed E-state index contributed by atoms with van der Waals surface area (Å²) in [6.07, 6.45) is 1.22. The van der Waals surface area contributed by atoms with Crippen molar-refractivity contribution in [2.24, 2.45) is 7.05 Å². The van der Waals surface area contributed by atoms with Crippen LogP contribution in [0.1, 0.15) is 38.1 Å². The largest absolute Gasteiger partial charge is 0.325 e. The normalized spacial score (nSPS) is 18.0. The van der Waals surface area contributed by atoms with E-state index in [1.165, 1.54) is 0 Å². The summed E-state index contributed by atoms with van der Waals surface area (Å²) in [5.74, 6) is -0.193. The molecule has 0 atom stereocenters. The molecule has 0 bridgehead atoms. The van der Waals surface area contributed by atoms with Gasteiger partial charge in [0.1, 0.15) is 5.54 Å². The fraction of sp³-hybridized carbons (Fsp3) is 0.615. The van der Waals surface area contributed by atoms with Crippen molar-refractivity contribution < 1.29 is 9.59 Å². The fourth-order valence-corrected chi connectivity index (χ4v) is 2.75. The fourth-order valence-electron chi connectivity index (χ4n) is 2.75. The van der Waals surface area contributed by atoms with Gasteiger partial charge in [-0.2, -0.15) is 5.10 Å². The molecule has 0 unspecified atom stereocenters. The lowest BCUT2D eigenvalue weighted by atomic mass is 9.91. The Bertz CT molecular complexity index is 517. The summed E-state index contributed by atoms with van der Waals surface area (Å²) in [6, 6.07) is 1.62. The number of nitrogens with one attached hydrogen (secondary N) is 1. The molecule has 0 aliphatic carbocycles. The first-order valence-electron chi connectivity index (χ1n) is 6.57. The molecule has 1 aromatic heterocycles. The Hall–Kier alpha value is -1.85. The van der Waals surface area contributed by atoms with E-state index in [2.05, 4.69) is 10.4 Å². The molecule has 1 aromatic rings. The Morgan fingerprint density at radius 3 is 2.42 bits per heavy atom. The van der Waals surface area contributed by atoms with Gasteiger partial charge in [-0.25, -0.2) is 4.79 Å². The lowest BCUT2D eigenvalue weighted by molar-refractivity contribution is -0.127. The van der Waals surface area contributed by atoms with Crippen LogP contribution < -0.4 is 5.32 Å². The van der Waals surface area contributed by atoms with Gasteiger partial charge in [0.25, 0.3) is 5.91 Å². The van der Waals surface area contributed by atoms with Gasteiger partial charge < -0.3 is 4.90 Å². The second-order valence-electron chi connectivity index (χ2n) is 4.98. The average Bonchev–Trinajstić information content (AvgIpc) is 2.79. The Morgan fingerprint density at radius 2 is 1.95 bits per heavy atom. The molecule has 6 nitrogen and oxygen atoms in total. The standard InChI is InChI=1S/C13H20N4O2/c1-5-13(6-2)11(18)14-12(19)17(13)8-10-7-9(3)15-16(10)4/h7H,5-6,8H2,1-4H3,(H,14,18,19). The van der Waals surface area contributed by atoms with E-state index in [1.807, 2.05) is 33.9 Å². The van der Waals surface area contributed by atoms with E-state index in [9.17, 15) is 9.59 Å². The van der Waals surface area contributed by atoms with Crippen molar-refractivity contribution in [3.8, 4) is 0 Å². The Kier molecular flexibility index (Phi) is 3.34. The number of carbonyl (C=O) groups excluding carboxylic acids is 2. The SMILES string of the molecule is CCC1(CC)C(=O)NC(=O)N1Cc1cc(C)nn1C. The molecule has 2 rings (SSSR count). The average molecular weight is 264 g/mol. The highest BCUT2D eigenvalue weighted by atomic mass is 16.2. The van der Waals surface area contributed by atoms with Gasteiger partial charge in [0, 0.05) is 7.05 Å². The van der Waals surface area contributed by atoms with Gasteiger partial charge in [-0.15, -0.1) is 0 Å². The molecule has 2 heterocycles. The van der Waals surface area contributed by atoms with Crippen LogP contribution in [0.2, 0.25) is 0 Å². The van der Waals surface area contributed by atoms with Crippen LogP contribution in [-0.4, -0.2) is 32.2 Å². The lowest BCUT2D eigenvalue weighted by Gasteiger charge is -2.33. The van der Waals surface area contributed by atoms with Crippen molar-refractivity contribution in [2.45, 2.75) is 45.7 Å². The van der Waals surface area contributed by atoms with Crippen LogP contribution in [0.15, 0.2) is 6.07 Å². The number of carbonyl (C=O) groups is 2. The van der Waals surface area contributed by atoms with Crippen molar-refractivity contribution in [1.29, 1.82) is 0 Å². The minimum absolute atomic E-state index is 0.193. The van der Waals surface area contributed by atoms with E-state index in [1.54, 1.807) is 9.58 Å². The third kappa shape index (κ3) is 2.01. The molecule has 1 N–H and O–H groups in total. The molecule has 3 amide bonds. The first-order chi connectivity index (χ1) is 8.94. The summed E-state index contributed by atoms with van der Waals surface area (Å²) in [4.78, 5) is 25.7. The van der Waals surface area contributed by atoms with Crippen molar-refractivity contribution in [3.63, 3.8) is 0 Å². The van der Waals surface area contributed by atoms with Gasteiger partial charge in [0.05, 0.1) is 17.9 Å². The third-order valence-electron chi connectivity index (χ3n) is 3.99. The number of urea groups is 1. The number of nitrogens with zero attached hydrogens (tertiary/aromatic N) is 3. The number of rotatable bonds is 4. The van der Waals surface area contributed by atoms with E-state index >= 15 is 0 Å². The summed E-state index contributed by atoms with van der Waals surface area (Å²) in [5.41, 5.74) is 1.10. The quantitative estimate of drug-likeness (QED) is 0.834. The molecule has 1 fully saturated rings. The molecule has 0 saturated carbocycles. The van der Waals surface area contributed by atoms with Crippen molar-refractivity contribution in [2.75, 3.05) is 0 Å². The van der Waals surface area contributed by atoms with E-state index in [0.717, 1.165) is 11.4 Å². The second-order valence-corrected chi connectivity index (χ2v) is 4.98. The maximum Gasteiger partial charge on any atom is 0.325 e. The van der Waals surface area contributed by atoms with Crippen LogP contribution >= 0.6 is 0 Å².